The van der Waals surface area contributed by atoms with E-state index in [2.05, 4.69) is 6.07 Å². The molecule has 0 spiro atoms. The van der Waals surface area contributed by atoms with Crippen LogP contribution in [0.3, 0.4) is 0 Å². The molecule has 0 radical (unpaired) electrons. The molecule has 0 aromatic heterocycles. The van der Waals surface area contributed by atoms with E-state index >= 15 is 0 Å². The third kappa shape index (κ3) is 5.08. The molecule has 4 heteroatoms. The Morgan fingerprint density at radius 1 is 1.20 bits per heavy atom. The molecule has 1 aromatic carbocycles. The molecule has 0 saturated carbocycles. The molecule has 1 rings (SSSR count). The molecule has 0 saturated heterocycles. The van der Waals surface area contributed by atoms with Crippen molar-refractivity contribution in [1.29, 1.82) is 0 Å². The van der Waals surface area contributed by atoms with Crippen LogP contribution < -0.4 is 0 Å². The second kappa shape index (κ2) is 8.20. The Balaban J connectivity index is 2.82. The summed E-state index contributed by atoms with van der Waals surface area (Å²) < 4.78 is 17.5. The van der Waals surface area contributed by atoms with Crippen molar-refractivity contribution in [1.82, 2.24) is 0 Å². The molecular formula is C16H24O3S. The lowest BCUT2D eigenvalue weighted by atomic mass is 10.1. The molecule has 2 unspecified atom stereocenters. The molecule has 0 amide bonds. The van der Waals surface area contributed by atoms with E-state index < -0.39 is 16.0 Å². The van der Waals surface area contributed by atoms with Crippen LogP contribution in [-0.2, 0) is 26.1 Å². The van der Waals surface area contributed by atoms with E-state index in [9.17, 15) is 9.00 Å². The maximum absolute atomic E-state index is 12.5. The Labute approximate surface area is 124 Å². The predicted octanol–water partition coefficient (Wildman–Crippen LogP) is 3.28. The molecule has 1 aromatic rings. The summed E-state index contributed by atoms with van der Waals surface area (Å²) in [4.78, 5) is 11.9. The summed E-state index contributed by atoms with van der Waals surface area (Å²) in [6, 6.07) is 6.14. The first-order valence-electron chi connectivity index (χ1n) is 7.08. The van der Waals surface area contributed by atoms with Gasteiger partial charge in [-0.3, -0.25) is 9.00 Å². The highest BCUT2D eigenvalue weighted by Gasteiger charge is 2.25. The van der Waals surface area contributed by atoms with Gasteiger partial charge in [0.25, 0.3) is 0 Å². The molecule has 3 nitrogen and oxygen atoms in total. The van der Waals surface area contributed by atoms with Crippen LogP contribution in [0.1, 0.15) is 43.4 Å². The van der Waals surface area contributed by atoms with E-state index in [1.807, 2.05) is 32.9 Å². The van der Waals surface area contributed by atoms with Crippen molar-refractivity contribution in [2.75, 3.05) is 6.61 Å². The normalized spacial score (nSPS) is 13.8. The summed E-state index contributed by atoms with van der Waals surface area (Å²) in [5.74, 6) is 0.0727. The second-order valence-electron chi connectivity index (χ2n) is 5.05. The first kappa shape index (κ1) is 16.9. The smallest absolute Gasteiger partial charge is 0.321 e. The average Bonchev–Trinajstić information content (AvgIpc) is 2.34. The summed E-state index contributed by atoms with van der Waals surface area (Å²) in [5.41, 5.74) is 3.33. The molecule has 20 heavy (non-hydrogen) atoms. The van der Waals surface area contributed by atoms with Crippen LogP contribution in [0.5, 0.6) is 0 Å². The van der Waals surface area contributed by atoms with E-state index in [4.69, 9.17) is 4.74 Å². The summed E-state index contributed by atoms with van der Waals surface area (Å²) in [7, 11) is -1.23. The molecule has 112 valence electrons. The quantitative estimate of drug-likeness (QED) is 0.725. The largest absolute Gasteiger partial charge is 0.465 e. The van der Waals surface area contributed by atoms with Gasteiger partial charge in [0.15, 0.2) is 0 Å². The molecule has 0 bridgehead atoms. The highest BCUT2D eigenvalue weighted by Crippen LogP contribution is 2.16. The molecule has 0 heterocycles. The Hall–Kier alpha value is -1.16. The Kier molecular flexibility index (Phi) is 6.93. The number of rotatable bonds is 7. The van der Waals surface area contributed by atoms with Gasteiger partial charge in [-0.25, -0.2) is 0 Å². The van der Waals surface area contributed by atoms with E-state index in [-0.39, 0.29) is 5.97 Å². The lowest BCUT2D eigenvalue weighted by molar-refractivity contribution is -0.142. The van der Waals surface area contributed by atoms with Gasteiger partial charge in [-0.2, -0.15) is 0 Å². The molecular weight excluding hydrogens is 272 g/mol. The van der Waals surface area contributed by atoms with Crippen molar-refractivity contribution in [2.24, 2.45) is 0 Å². The summed E-state index contributed by atoms with van der Waals surface area (Å²) in [5, 5.41) is -0.513. The van der Waals surface area contributed by atoms with Gasteiger partial charge < -0.3 is 4.74 Å². The number of benzene rings is 1. The van der Waals surface area contributed by atoms with Crippen LogP contribution in [-0.4, -0.2) is 22.0 Å². The molecule has 0 aliphatic rings. The maximum Gasteiger partial charge on any atom is 0.321 e. The third-order valence-electron chi connectivity index (χ3n) is 3.01. The van der Waals surface area contributed by atoms with Crippen molar-refractivity contribution in [2.45, 2.75) is 51.5 Å². The van der Waals surface area contributed by atoms with Gasteiger partial charge in [0.1, 0.15) is 5.25 Å². The SMILES string of the molecule is CCCC(C(=O)OCC)S(=O)Cc1cc(C)cc(C)c1. The fourth-order valence-corrected chi connectivity index (χ4v) is 3.75. The Bertz CT molecular complexity index is 462. The zero-order valence-electron chi connectivity index (χ0n) is 12.8. The summed E-state index contributed by atoms with van der Waals surface area (Å²) >= 11 is 0. The van der Waals surface area contributed by atoms with E-state index in [1.54, 1.807) is 6.92 Å². The molecule has 0 fully saturated rings. The zero-order valence-corrected chi connectivity index (χ0v) is 13.6. The van der Waals surface area contributed by atoms with E-state index in [1.165, 1.54) is 0 Å². The third-order valence-corrected chi connectivity index (χ3v) is 4.69. The molecule has 2 atom stereocenters. The van der Waals surface area contributed by atoms with Crippen LogP contribution in [0.4, 0.5) is 0 Å². The average molecular weight is 296 g/mol. The van der Waals surface area contributed by atoms with Crippen molar-refractivity contribution in [3.05, 3.63) is 34.9 Å². The van der Waals surface area contributed by atoms with Crippen LogP contribution in [0.15, 0.2) is 18.2 Å². The summed E-state index contributed by atoms with van der Waals surface area (Å²) in [6.45, 7) is 8.14. The van der Waals surface area contributed by atoms with Gasteiger partial charge in [-0.05, 0) is 32.8 Å². The lowest BCUT2D eigenvalue weighted by Crippen LogP contribution is -2.29. The van der Waals surface area contributed by atoms with Crippen LogP contribution >= 0.6 is 0 Å². The van der Waals surface area contributed by atoms with Gasteiger partial charge >= 0.3 is 5.97 Å². The van der Waals surface area contributed by atoms with Gasteiger partial charge in [-0.15, -0.1) is 0 Å². The van der Waals surface area contributed by atoms with E-state index in [0.717, 1.165) is 23.1 Å². The minimum Gasteiger partial charge on any atom is -0.465 e. The summed E-state index contributed by atoms with van der Waals surface area (Å²) in [6.07, 6.45) is 1.43. The van der Waals surface area contributed by atoms with Crippen molar-refractivity contribution < 1.29 is 13.7 Å². The number of hydrogen-bond donors (Lipinski definition) is 0. The van der Waals surface area contributed by atoms with Crippen molar-refractivity contribution in [3.63, 3.8) is 0 Å². The Morgan fingerprint density at radius 3 is 2.30 bits per heavy atom. The number of carbonyl (C=O) groups is 1. The highest BCUT2D eigenvalue weighted by molar-refractivity contribution is 7.85. The van der Waals surface area contributed by atoms with E-state index in [0.29, 0.717) is 18.8 Å². The predicted molar refractivity (Wildman–Crippen MR) is 83.1 cm³/mol. The number of ether oxygens (including phenoxy) is 1. The molecule has 0 aliphatic carbocycles. The highest BCUT2D eigenvalue weighted by atomic mass is 32.2. The molecule has 0 N–H and O–H groups in total. The number of hydrogen-bond acceptors (Lipinski definition) is 3. The fraction of sp³-hybridized carbons (Fsp3) is 0.562. The van der Waals surface area contributed by atoms with Gasteiger partial charge in [0.05, 0.1) is 6.61 Å². The van der Waals surface area contributed by atoms with Crippen LogP contribution in [0.25, 0.3) is 0 Å². The zero-order chi connectivity index (χ0) is 15.1. The van der Waals surface area contributed by atoms with Gasteiger partial charge in [0, 0.05) is 16.6 Å². The van der Waals surface area contributed by atoms with Gasteiger partial charge in [-0.1, -0.05) is 42.7 Å². The minimum absolute atomic E-state index is 0.333. The minimum atomic E-state index is -1.23. The van der Waals surface area contributed by atoms with Crippen LogP contribution in [0.2, 0.25) is 0 Å². The number of esters is 1. The topological polar surface area (TPSA) is 43.4 Å². The van der Waals surface area contributed by atoms with Crippen molar-refractivity contribution in [3.8, 4) is 0 Å². The second-order valence-corrected chi connectivity index (χ2v) is 6.67. The monoisotopic (exact) mass is 296 g/mol. The standard InChI is InChI=1S/C16H24O3S/c1-5-7-15(16(17)19-6-2)20(18)11-14-9-12(3)8-13(4)10-14/h8-10,15H,5-7,11H2,1-4H3. The maximum atomic E-state index is 12.5. The molecule has 0 aliphatic heterocycles. The van der Waals surface area contributed by atoms with Crippen LogP contribution in [0, 0.1) is 13.8 Å². The number of carbonyl (C=O) groups excluding carboxylic acids is 1. The number of aryl methyl sites for hydroxylation is 2. The lowest BCUT2D eigenvalue weighted by Gasteiger charge is -2.15. The van der Waals surface area contributed by atoms with Crippen molar-refractivity contribution >= 4 is 16.8 Å². The Morgan fingerprint density at radius 2 is 1.80 bits per heavy atom. The first-order valence-corrected chi connectivity index (χ1v) is 8.47. The fourth-order valence-electron chi connectivity index (χ4n) is 2.27. The van der Waals surface area contributed by atoms with Gasteiger partial charge in [0.2, 0.25) is 0 Å². The first-order chi connectivity index (χ1) is 9.47.